The topological polar surface area (TPSA) is 188 Å². The molecule has 0 amide bonds. The first-order valence-corrected chi connectivity index (χ1v) is 10.8. The fraction of sp³-hybridized carbons (Fsp3) is 0.250. The van der Waals surface area contributed by atoms with Gasteiger partial charge in [-0.15, -0.1) is 0 Å². The fourth-order valence-electron chi connectivity index (χ4n) is 3.54. The number of carbonyl (C=O) groups is 3. The molecule has 12 heteroatoms. The summed E-state index contributed by atoms with van der Waals surface area (Å²) in [6.45, 7) is 0.377. The third-order valence-electron chi connectivity index (χ3n) is 4.99. The molecule has 0 aliphatic heterocycles. The molecule has 0 aromatic heterocycles. The highest BCUT2D eigenvalue weighted by atomic mass is 32.2. The standard InChI is InChI=1S/C20H19NO10S/c1-8(22)13-15-16(19(26)11(18(13)25)7-21-3-4-32(28,29)30)20(27)14-10(17(15)24)5-9(31-2)6-12(14)23/h5-6,21,23,25-26H,3-4,7H2,1-2H3,(H,28,29,30). The van der Waals surface area contributed by atoms with Gasteiger partial charge in [0.15, 0.2) is 11.6 Å². The molecule has 0 radical (unpaired) electrons. The first-order chi connectivity index (χ1) is 14.9. The first kappa shape index (κ1) is 23.2. The van der Waals surface area contributed by atoms with Crippen LogP contribution in [0, 0.1) is 0 Å². The van der Waals surface area contributed by atoms with Gasteiger partial charge in [-0.25, -0.2) is 0 Å². The maximum Gasteiger partial charge on any atom is 0.266 e. The van der Waals surface area contributed by atoms with Crippen LogP contribution in [-0.4, -0.2) is 65.0 Å². The number of fused-ring (bicyclic) bond motifs is 2. The van der Waals surface area contributed by atoms with Gasteiger partial charge < -0.3 is 25.4 Å². The van der Waals surface area contributed by atoms with E-state index in [1.807, 2.05) is 0 Å². The molecule has 2 aromatic carbocycles. The van der Waals surface area contributed by atoms with Crippen molar-refractivity contribution in [2.75, 3.05) is 19.4 Å². The van der Waals surface area contributed by atoms with Crippen molar-refractivity contribution in [3.05, 3.63) is 45.5 Å². The summed E-state index contributed by atoms with van der Waals surface area (Å²) in [7, 11) is -2.99. The molecule has 0 bridgehead atoms. The number of benzene rings is 2. The van der Waals surface area contributed by atoms with Crippen LogP contribution >= 0.6 is 0 Å². The molecule has 0 heterocycles. The number of hydrogen-bond donors (Lipinski definition) is 5. The predicted molar refractivity (Wildman–Crippen MR) is 109 cm³/mol. The quantitative estimate of drug-likeness (QED) is 0.188. The summed E-state index contributed by atoms with van der Waals surface area (Å²) < 4.78 is 35.5. The van der Waals surface area contributed by atoms with Crippen molar-refractivity contribution in [2.24, 2.45) is 0 Å². The Bertz CT molecular complexity index is 1280. The van der Waals surface area contributed by atoms with Gasteiger partial charge in [0, 0.05) is 24.7 Å². The van der Waals surface area contributed by atoms with Gasteiger partial charge in [-0.2, -0.15) is 8.42 Å². The molecule has 0 unspecified atom stereocenters. The smallest absolute Gasteiger partial charge is 0.266 e. The monoisotopic (exact) mass is 465 g/mol. The van der Waals surface area contributed by atoms with Crippen molar-refractivity contribution >= 4 is 27.5 Å². The Kier molecular flexibility index (Phi) is 5.96. The molecule has 32 heavy (non-hydrogen) atoms. The second-order valence-electron chi connectivity index (χ2n) is 7.05. The Morgan fingerprint density at radius 2 is 1.69 bits per heavy atom. The molecule has 3 rings (SSSR count). The highest BCUT2D eigenvalue weighted by molar-refractivity contribution is 7.85. The van der Waals surface area contributed by atoms with Crippen LogP contribution in [0.4, 0.5) is 0 Å². The summed E-state index contributed by atoms with van der Waals surface area (Å²) in [5, 5.41) is 34.2. The molecular formula is C20H19NO10S. The molecule has 0 spiro atoms. The van der Waals surface area contributed by atoms with Crippen LogP contribution in [-0.2, 0) is 16.7 Å². The van der Waals surface area contributed by atoms with Crippen molar-refractivity contribution in [1.29, 1.82) is 0 Å². The van der Waals surface area contributed by atoms with E-state index in [4.69, 9.17) is 9.29 Å². The van der Waals surface area contributed by atoms with E-state index in [9.17, 15) is 38.1 Å². The summed E-state index contributed by atoms with van der Waals surface area (Å²) in [4.78, 5) is 38.6. The second-order valence-corrected chi connectivity index (χ2v) is 8.62. The normalized spacial score (nSPS) is 13.0. The summed E-state index contributed by atoms with van der Waals surface area (Å²) in [6, 6.07) is 2.30. The Morgan fingerprint density at radius 3 is 2.25 bits per heavy atom. The highest BCUT2D eigenvalue weighted by Gasteiger charge is 2.40. The number of carbonyl (C=O) groups excluding carboxylic acids is 3. The van der Waals surface area contributed by atoms with E-state index in [2.05, 4.69) is 5.32 Å². The lowest BCUT2D eigenvalue weighted by atomic mass is 9.78. The predicted octanol–water partition coefficient (Wildman–Crippen LogP) is 0.767. The van der Waals surface area contributed by atoms with E-state index >= 15 is 0 Å². The van der Waals surface area contributed by atoms with Crippen LogP contribution in [0.1, 0.15) is 54.7 Å². The molecule has 0 fully saturated rings. The third kappa shape index (κ3) is 3.90. The minimum Gasteiger partial charge on any atom is -0.507 e. The number of ketones is 3. The number of Topliss-reactive ketones (excluding diaryl/α,β-unsaturated/α-hetero) is 1. The van der Waals surface area contributed by atoms with Gasteiger partial charge in [-0.3, -0.25) is 18.9 Å². The summed E-state index contributed by atoms with van der Waals surface area (Å²) in [5.74, 6) is -5.34. The van der Waals surface area contributed by atoms with Gasteiger partial charge in [0.2, 0.25) is 5.78 Å². The summed E-state index contributed by atoms with van der Waals surface area (Å²) >= 11 is 0. The zero-order chi connectivity index (χ0) is 24.0. The molecule has 2 aromatic rings. The van der Waals surface area contributed by atoms with Gasteiger partial charge in [-0.1, -0.05) is 0 Å². The van der Waals surface area contributed by atoms with Crippen LogP contribution in [0.25, 0.3) is 0 Å². The molecule has 0 saturated heterocycles. The van der Waals surface area contributed by atoms with Crippen molar-refractivity contribution in [3.63, 3.8) is 0 Å². The molecule has 11 nitrogen and oxygen atoms in total. The first-order valence-electron chi connectivity index (χ1n) is 9.17. The molecular weight excluding hydrogens is 446 g/mol. The maximum absolute atomic E-state index is 13.2. The molecule has 5 N–H and O–H groups in total. The highest BCUT2D eigenvalue weighted by Crippen LogP contribution is 2.45. The average Bonchev–Trinajstić information content (AvgIpc) is 2.69. The summed E-state index contributed by atoms with van der Waals surface area (Å²) in [5.41, 5.74) is -2.58. The number of nitrogens with one attached hydrogen (secondary N) is 1. The maximum atomic E-state index is 13.2. The number of phenols is 3. The molecule has 0 saturated carbocycles. The van der Waals surface area contributed by atoms with Gasteiger partial charge in [0.05, 0.1) is 40.7 Å². The van der Waals surface area contributed by atoms with Crippen LogP contribution < -0.4 is 10.1 Å². The Morgan fingerprint density at radius 1 is 1.03 bits per heavy atom. The fourth-order valence-corrected chi connectivity index (χ4v) is 3.95. The van der Waals surface area contributed by atoms with E-state index in [1.54, 1.807) is 0 Å². The van der Waals surface area contributed by atoms with Crippen molar-refractivity contribution < 1.29 is 47.4 Å². The number of phenolic OH excluding ortho intramolecular Hbond substituents is 3. The minimum absolute atomic E-state index is 0.0725. The van der Waals surface area contributed by atoms with Crippen molar-refractivity contribution in [2.45, 2.75) is 13.5 Å². The van der Waals surface area contributed by atoms with Gasteiger partial charge >= 0.3 is 0 Å². The van der Waals surface area contributed by atoms with Gasteiger partial charge in [0.25, 0.3) is 10.1 Å². The number of aromatic hydroxyl groups is 3. The Labute approximate surface area is 182 Å². The van der Waals surface area contributed by atoms with Gasteiger partial charge in [-0.05, 0) is 13.0 Å². The zero-order valence-corrected chi connectivity index (χ0v) is 17.7. The summed E-state index contributed by atoms with van der Waals surface area (Å²) in [6.07, 6.45) is 0. The Balaban J connectivity index is 2.20. The van der Waals surface area contributed by atoms with Crippen LogP contribution in [0.2, 0.25) is 0 Å². The van der Waals surface area contributed by atoms with E-state index in [-0.39, 0.29) is 23.4 Å². The van der Waals surface area contributed by atoms with E-state index in [0.29, 0.717) is 0 Å². The lowest BCUT2D eigenvalue weighted by Crippen LogP contribution is -2.26. The average molecular weight is 465 g/mol. The van der Waals surface area contributed by atoms with E-state index in [0.717, 1.165) is 13.0 Å². The molecule has 170 valence electrons. The van der Waals surface area contributed by atoms with Crippen LogP contribution in [0.15, 0.2) is 12.1 Å². The van der Waals surface area contributed by atoms with Gasteiger partial charge in [0.1, 0.15) is 23.0 Å². The SMILES string of the molecule is COc1cc(O)c2c(c1)C(=O)c1c(C(C)=O)c(O)c(CNCCS(=O)(=O)O)c(O)c1C2=O. The van der Waals surface area contributed by atoms with Crippen molar-refractivity contribution in [1.82, 2.24) is 5.32 Å². The lowest BCUT2D eigenvalue weighted by Gasteiger charge is -2.24. The molecule has 1 aliphatic carbocycles. The van der Waals surface area contributed by atoms with E-state index in [1.165, 1.54) is 13.2 Å². The molecule has 0 atom stereocenters. The Hall–Kier alpha value is -3.48. The van der Waals surface area contributed by atoms with Crippen LogP contribution in [0.5, 0.6) is 23.0 Å². The second kappa shape index (κ2) is 8.22. The van der Waals surface area contributed by atoms with Crippen molar-refractivity contribution in [3.8, 4) is 23.0 Å². The zero-order valence-electron chi connectivity index (χ0n) is 16.9. The largest absolute Gasteiger partial charge is 0.507 e. The number of methoxy groups -OCH3 is 1. The van der Waals surface area contributed by atoms with E-state index < -0.39 is 79.3 Å². The van der Waals surface area contributed by atoms with Crippen LogP contribution in [0.3, 0.4) is 0 Å². The third-order valence-corrected chi connectivity index (χ3v) is 5.71. The minimum atomic E-state index is -4.27. The number of ether oxygens (including phenoxy) is 1. The number of rotatable bonds is 7. The lowest BCUT2D eigenvalue weighted by molar-refractivity contribution is 0.0961. The molecule has 1 aliphatic rings. The number of hydrogen-bond acceptors (Lipinski definition) is 10.